The van der Waals surface area contributed by atoms with Crippen molar-refractivity contribution in [2.24, 2.45) is 0 Å². The minimum Gasteiger partial charge on any atom is -0.449 e. The van der Waals surface area contributed by atoms with E-state index in [1.165, 1.54) is 25.6 Å². The number of ketones is 1. The molecule has 6 nitrogen and oxygen atoms in total. The molecule has 0 spiro atoms. The number of carbonyl (C=O) groups excluding carboxylic acids is 3. The van der Waals surface area contributed by atoms with Gasteiger partial charge in [-0.1, -0.05) is 31.4 Å². The number of thioether (sulfide) groups is 1. The van der Waals surface area contributed by atoms with Gasteiger partial charge in [0.15, 0.2) is 6.10 Å². The summed E-state index contributed by atoms with van der Waals surface area (Å²) < 4.78 is 5.32. The molecule has 0 radical (unpaired) electrons. The first-order valence-electron chi connectivity index (χ1n) is 9.02. The number of rotatable bonds is 7. The molecule has 0 aromatic heterocycles. The van der Waals surface area contributed by atoms with Gasteiger partial charge in [-0.15, -0.1) is 11.8 Å². The first-order chi connectivity index (χ1) is 12.9. The number of hydrogen-bond acceptors (Lipinski definition) is 6. The zero-order valence-electron chi connectivity index (χ0n) is 15.6. The lowest BCUT2D eigenvalue weighted by molar-refractivity contribution is -0.130. The van der Waals surface area contributed by atoms with Gasteiger partial charge in [-0.2, -0.15) is 5.26 Å². The first kappa shape index (κ1) is 21.0. The Morgan fingerprint density at radius 1 is 1.26 bits per heavy atom. The zero-order chi connectivity index (χ0) is 19.9. The van der Waals surface area contributed by atoms with Crippen LogP contribution in [0.5, 0.6) is 0 Å². The summed E-state index contributed by atoms with van der Waals surface area (Å²) in [7, 11) is 0. The molecule has 27 heavy (non-hydrogen) atoms. The molecule has 144 valence electrons. The van der Waals surface area contributed by atoms with Gasteiger partial charge in [0, 0.05) is 4.90 Å². The number of nitriles is 1. The van der Waals surface area contributed by atoms with Gasteiger partial charge < -0.3 is 10.1 Å². The van der Waals surface area contributed by atoms with Crippen molar-refractivity contribution >= 4 is 29.4 Å². The minimum atomic E-state index is -1.02. The van der Waals surface area contributed by atoms with Crippen LogP contribution in [-0.4, -0.2) is 35.1 Å². The normalized spacial score (nSPS) is 16.6. The second kappa shape index (κ2) is 9.56. The fraction of sp³-hybridized carbons (Fsp3) is 0.500. The van der Waals surface area contributed by atoms with Crippen LogP contribution in [0.2, 0.25) is 0 Å². The monoisotopic (exact) mass is 388 g/mol. The number of carbonyl (C=O) groups is 3. The zero-order valence-corrected chi connectivity index (χ0v) is 16.4. The third-order valence-electron chi connectivity index (χ3n) is 4.47. The number of amides is 1. The van der Waals surface area contributed by atoms with E-state index in [0.717, 1.165) is 19.3 Å². The van der Waals surface area contributed by atoms with Crippen molar-refractivity contribution in [3.05, 3.63) is 29.8 Å². The summed E-state index contributed by atoms with van der Waals surface area (Å²) in [4.78, 5) is 36.8. The van der Waals surface area contributed by atoms with Crippen LogP contribution in [0.4, 0.5) is 0 Å². The van der Waals surface area contributed by atoms with Crippen molar-refractivity contribution in [1.29, 1.82) is 5.26 Å². The van der Waals surface area contributed by atoms with Gasteiger partial charge in [0.25, 0.3) is 5.91 Å². The van der Waals surface area contributed by atoms with Gasteiger partial charge >= 0.3 is 5.97 Å². The standard InChI is InChI=1S/C20H24N2O4S/c1-14(23)12-27-17-9-5-4-8-16(17)19(25)26-15(2)18(24)22-20(13-21)10-6-3-7-11-20/h4-5,8-9,15H,3,6-7,10-12H2,1-2H3,(H,22,24)/t15-/m1/s1. The molecule has 1 atom stereocenters. The molecule has 0 saturated heterocycles. The molecular formula is C20H24N2O4S. The Labute approximate surface area is 163 Å². The fourth-order valence-electron chi connectivity index (χ4n) is 2.98. The lowest BCUT2D eigenvalue weighted by atomic mass is 9.83. The number of ether oxygens (including phenoxy) is 1. The summed E-state index contributed by atoms with van der Waals surface area (Å²) >= 11 is 1.26. The maximum Gasteiger partial charge on any atom is 0.340 e. The van der Waals surface area contributed by atoms with E-state index in [2.05, 4.69) is 11.4 Å². The Hall–Kier alpha value is -2.33. The molecule has 1 aliphatic rings. The molecule has 1 aromatic rings. The van der Waals surface area contributed by atoms with E-state index in [1.54, 1.807) is 24.3 Å². The van der Waals surface area contributed by atoms with Gasteiger partial charge in [-0.05, 0) is 38.8 Å². The summed E-state index contributed by atoms with van der Waals surface area (Å²) in [6.07, 6.45) is 3.04. The SMILES string of the molecule is CC(=O)CSc1ccccc1C(=O)O[C@H](C)C(=O)NC1(C#N)CCCCC1. The molecule has 0 aliphatic heterocycles. The van der Waals surface area contributed by atoms with Crippen molar-refractivity contribution in [2.45, 2.75) is 62.5 Å². The molecular weight excluding hydrogens is 364 g/mol. The summed E-state index contributed by atoms with van der Waals surface area (Å²) in [5.74, 6) is -0.838. The Balaban J connectivity index is 2.02. The summed E-state index contributed by atoms with van der Waals surface area (Å²) in [5.41, 5.74) is -0.554. The van der Waals surface area contributed by atoms with Crippen LogP contribution in [0.15, 0.2) is 29.2 Å². The minimum absolute atomic E-state index is 0.00481. The molecule has 2 rings (SSSR count). The van der Waals surface area contributed by atoms with E-state index in [1.807, 2.05) is 0 Å². The Kier molecular flexibility index (Phi) is 7.43. The van der Waals surface area contributed by atoms with Crippen molar-refractivity contribution in [1.82, 2.24) is 5.32 Å². The lowest BCUT2D eigenvalue weighted by Crippen LogP contribution is -2.52. The van der Waals surface area contributed by atoms with Crippen LogP contribution in [0.1, 0.15) is 56.3 Å². The van der Waals surface area contributed by atoms with Gasteiger partial charge in [0.2, 0.25) is 0 Å². The topological polar surface area (TPSA) is 96.3 Å². The third-order valence-corrected chi connectivity index (χ3v) is 5.69. The molecule has 1 aliphatic carbocycles. The van der Waals surface area contributed by atoms with Gasteiger partial charge in [-0.25, -0.2) is 4.79 Å². The summed E-state index contributed by atoms with van der Waals surface area (Å²) in [6, 6.07) is 9.03. The van der Waals surface area contributed by atoms with Crippen LogP contribution in [-0.2, 0) is 14.3 Å². The molecule has 1 fully saturated rings. The highest BCUT2D eigenvalue weighted by Crippen LogP contribution is 2.28. The Morgan fingerprint density at radius 2 is 1.93 bits per heavy atom. The summed E-state index contributed by atoms with van der Waals surface area (Å²) in [5, 5.41) is 12.2. The average molecular weight is 388 g/mol. The van der Waals surface area contributed by atoms with Gasteiger partial charge in [-0.3, -0.25) is 9.59 Å². The molecule has 1 amide bonds. The largest absolute Gasteiger partial charge is 0.449 e. The molecule has 1 aromatic carbocycles. The number of benzene rings is 1. The number of nitrogens with zero attached hydrogens (tertiary/aromatic N) is 1. The highest BCUT2D eigenvalue weighted by molar-refractivity contribution is 8.00. The Bertz CT molecular complexity index is 751. The van der Waals surface area contributed by atoms with Crippen LogP contribution in [0, 0.1) is 11.3 Å². The van der Waals surface area contributed by atoms with Crippen molar-refractivity contribution < 1.29 is 19.1 Å². The second-order valence-corrected chi connectivity index (χ2v) is 7.80. The van der Waals surface area contributed by atoms with E-state index < -0.39 is 23.5 Å². The molecule has 1 N–H and O–H groups in total. The predicted octanol–water partition coefficient (Wildman–Crippen LogP) is 3.26. The highest BCUT2D eigenvalue weighted by atomic mass is 32.2. The predicted molar refractivity (Wildman–Crippen MR) is 102 cm³/mol. The number of nitrogens with one attached hydrogen (secondary N) is 1. The van der Waals surface area contributed by atoms with Crippen LogP contribution < -0.4 is 5.32 Å². The molecule has 0 heterocycles. The molecule has 1 saturated carbocycles. The maximum absolute atomic E-state index is 12.5. The second-order valence-electron chi connectivity index (χ2n) is 6.78. The Morgan fingerprint density at radius 3 is 2.56 bits per heavy atom. The summed E-state index contributed by atoms with van der Waals surface area (Å²) in [6.45, 7) is 2.98. The number of Topliss-reactive ketones (excluding diaryl/α,β-unsaturated/α-hetero) is 1. The van der Waals surface area contributed by atoms with Crippen molar-refractivity contribution in [3.8, 4) is 6.07 Å². The van der Waals surface area contributed by atoms with E-state index in [0.29, 0.717) is 23.3 Å². The molecule has 0 bridgehead atoms. The van der Waals surface area contributed by atoms with Gasteiger partial charge in [0.05, 0.1) is 17.4 Å². The van der Waals surface area contributed by atoms with Crippen LogP contribution in [0.25, 0.3) is 0 Å². The van der Waals surface area contributed by atoms with Crippen molar-refractivity contribution in [2.75, 3.05) is 5.75 Å². The maximum atomic E-state index is 12.5. The highest BCUT2D eigenvalue weighted by Gasteiger charge is 2.35. The van der Waals surface area contributed by atoms with Crippen LogP contribution in [0.3, 0.4) is 0 Å². The number of hydrogen-bond donors (Lipinski definition) is 1. The quantitative estimate of drug-likeness (QED) is 0.569. The number of esters is 1. The van der Waals surface area contributed by atoms with Gasteiger partial charge in [0.1, 0.15) is 11.3 Å². The van der Waals surface area contributed by atoms with E-state index in [4.69, 9.17) is 4.74 Å². The van der Waals surface area contributed by atoms with Crippen molar-refractivity contribution in [3.63, 3.8) is 0 Å². The van der Waals surface area contributed by atoms with Crippen LogP contribution >= 0.6 is 11.8 Å². The molecule has 7 heteroatoms. The molecule has 0 unspecified atom stereocenters. The third kappa shape index (κ3) is 5.83. The van der Waals surface area contributed by atoms with E-state index in [-0.39, 0.29) is 11.5 Å². The lowest BCUT2D eigenvalue weighted by Gasteiger charge is -2.32. The first-order valence-corrected chi connectivity index (χ1v) is 10.0. The smallest absolute Gasteiger partial charge is 0.340 e. The van der Waals surface area contributed by atoms with E-state index >= 15 is 0 Å². The van der Waals surface area contributed by atoms with E-state index in [9.17, 15) is 19.6 Å². The fourth-order valence-corrected chi connectivity index (χ4v) is 3.82. The average Bonchev–Trinajstić information content (AvgIpc) is 2.67.